The predicted molar refractivity (Wildman–Crippen MR) is 113 cm³/mol. The smallest absolute Gasteiger partial charge is 0.353 e. The summed E-state index contributed by atoms with van der Waals surface area (Å²) >= 11 is 1.27. The molecule has 1 amide bonds. The monoisotopic (exact) mass is 453 g/mol. The number of Topliss-reactive ketones (excluding diaryl/α,β-unsaturated/α-hetero) is 1. The van der Waals surface area contributed by atoms with Crippen molar-refractivity contribution in [3.05, 3.63) is 76.4 Å². The van der Waals surface area contributed by atoms with Crippen molar-refractivity contribution in [3.8, 4) is 5.75 Å². The molecule has 1 atom stereocenters. The number of rotatable bonds is 8. The van der Waals surface area contributed by atoms with Crippen LogP contribution in [0.1, 0.15) is 32.2 Å². The van der Waals surface area contributed by atoms with Crippen molar-refractivity contribution in [2.75, 3.05) is 13.2 Å². The second-order valence-corrected chi connectivity index (χ2v) is 8.12. The molecule has 1 fully saturated rings. The van der Waals surface area contributed by atoms with Gasteiger partial charge in [0.15, 0.2) is 12.4 Å². The summed E-state index contributed by atoms with van der Waals surface area (Å²) in [4.78, 5) is 50.8. The minimum Gasteiger partial charge on any atom is -0.467 e. The second kappa shape index (κ2) is 9.61. The van der Waals surface area contributed by atoms with E-state index in [9.17, 15) is 19.2 Å². The standard InChI is InChI=1S/C23H19NO7S/c25-19(15-5-7-17(8-6-15)31-23(28)20-4-2-10-32-20)14-30-22(27)16-11-21(26)24(12-16)13-18-3-1-9-29-18/h1-10,16H,11-14H2. The van der Waals surface area contributed by atoms with Crippen molar-refractivity contribution < 1.29 is 33.1 Å². The number of esters is 2. The van der Waals surface area contributed by atoms with E-state index in [1.165, 1.54) is 46.8 Å². The van der Waals surface area contributed by atoms with Gasteiger partial charge in [-0.25, -0.2) is 4.79 Å². The molecule has 0 N–H and O–H groups in total. The number of carbonyl (C=O) groups excluding carboxylic acids is 4. The fourth-order valence-electron chi connectivity index (χ4n) is 3.27. The zero-order chi connectivity index (χ0) is 22.5. The molecule has 1 unspecified atom stereocenters. The molecule has 0 radical (unpaired) electrons. The highest BCUT2D eigenvalue weighted by atomic mass is 32.1. The van der Waals surface area contributed by atoms with Crippen LogP contribution in [0.4, 0.5) is 0 Å². The first-order valence-electron chi connectivity index (χ1n) is 9.85. The Kier molecular flexibility index (Phi) is 6.46. The molecule has 1 aliphatic heterocycles. The Hall–Kier alpha value is -3.72. The van der Waals surface area contributed by atoms with Crippen molar-refractivity contribution >= 4 is 35.0 Å². The molecule has 0 saturated carbocycles. The number of amides is 1. The van der Waals surface area contributed by atoms with Gasteiger partial charge in [-0.1, -0.05) is 6.07 Å². The third-order valence-electron chi connectivity index (χ3n) is 4.93. The zero-order valence-electron chi connectivity index (χ0n) is 16.9. The number of carbonyl (C=O) groups is 4. The van der Waals surface area contributed by atoms with Gasteiger partial charge in [0.25, 0.3) is 0 Å². The Labute approximate surface area is 187 Å². The van der Waals surface area contributed by atoms with Gasteiger partial charge in [-0.15, -0.1) is 11.3 Å². The number of hydrogen-bond acceptors (Lipinski definition) is 8. The number of ether oxygens (including phenoxy) is 2. The van der Waals surface area contributed by atoms with Crippen LogP contribution in [0.25, 0.3) is 0 Å². The van der Waals surface area contributed by atoms with Crippen LogP contribution < -0.4 is 4.74 Å². The fraction of sp³-hybridized carbons (Fsp3) is 0.217. The summed E-state index contributed by atoms with van der Waals surface area (Å²) in [6.07, 6.45) is 1.56. The molecule has 8 nitrogen and oxygen atoms in total. The molecule has 9 heteroatoms. The molecule has 1 aliphatic rings. The van der Waals surface area contributed by atoms with E-state index in [1.807, 2.05) is 0 Å². The van der Waals surface area contributed by atoms with E-state index in [0.717, 1.165) is 0 Å². The second-order valence-electron chi connectivity index (χ2n) is 7.18. The van der Waals surface area contributed by atoms with Crippen molar-refractivity contribution in [1.29, 1.82) is 0 Å². The molecular weight excluding hydrogens is 434 g/mol. The third kappa shape index (κ3) is 5.12. The Morgan fingerprint density at radius 1 is 1.09 bits per heavy atom. The largest absolute Gasteiger partial charge is 0.467 e. The highest BCUT2D eigenvalue weighted by Crippen LogP contribution is 2.22. The quantitative estimate of drug-likeness (QED) is 0.293. The number of hydrogen-bond donors (Lipinski definition) is 0. The van der Waals surface area contributed by atoms with Gasteiger partial charge >= 0.3 is 11.9 Å². The summed E-state index contributed by atoms with van der Waals surface area (Å²) in [7, 11) is 0. The van der Waals surface area contributed by atoms with Gasteiger partial charge in [0, 0.05) is 18.5 Å². The van der Waals surface area contributed by atoms with Crippen LogP contribution in [-0.2, 0) is 20.9 Å². The maximum absolute atomic E-state index is 12.4. The van der Waals surface area contributed by atoms with E-state index in [-0.39, 0.29) is 25.4 Å². The predicted octanol–water partition coefficient (Wildman–Crippen LogP) is 3.33. The van der Waals surface area contributed by atoms with E-state index in [0.29, 0.717) is 22.0 Å². The molecular formula is C23H19NO7S. The number of ketones is 1. The van der Waals surface area contributed by atoms with Crippen molar-refractivity contribution in [2.24, 2.45) is 5.92 Å². The van der Waals surface area contributed by atoms with E-state index >= 15 is 0 Å². The number of benzene rings is 1. The zero-order valence-corrected chi connectivity index (χ0v) is 17.7. The van der Waals surface area contributed by atoms with E-state index in [1.54, 1.807) is 29.6 Å². The molecule has 0 aliphatic carbocycles. The minimum atomic E-state index is -0.621. The highest BCUT2D eigenvalue weighted by molar-refractivity contribution is 7.12. The molecule has 0 spiro atoms. The first-order chi connectivity index (χ1) is 15.5. The number of likely N-dealkylation sites (tertiary alicyclic amines) is 1. The van der Waals surface area contributed by atoms with Gasteiger partial charge in [-0.05, 0) is 47.8 Å². The summed E-state index contributed by atoms with van der Waals surface area (Å²) in [6, 6.07) is 12.9. The maximum Gasteiger partial charge on any atom is 0.353 e. The lowest BCUT2D eigenvalue weighted by Crippen LogP contribution is -2.27. The van der Waals surface area contributed by atoms with Crippen LogP contribution in [0.3, 0.4) is 0 Å². The van der Waals surface area contributed by atoms with Gasteiger partial charge < -0.3 is 18.8 Å². The van der Waals surface area contributed by atoms with Crippen LogP contribution in [0.15, 0.2) is 64.6 Å². The normalized spacial score (nSPS) is 15.6. The van der Waals surface area contributed by atoms with Crippen molar-refractivity contribution in [2.45, 2.75) is 13.0 Å². The number of thiophene rings is 1. The van der Waals surface area contributed by atoms with Crippen LogP contribution >= 0.6 is 11.3 Å². The SMILES string of the molecule is O=C(COC(=O)C1CC(=O)N(Cc2ccco2)C1)c1ccc(OC(=O)c2cccs2)cc1. The van der Waals surface area contributed by atoms with Gasteiger partial charge in [-0.3, -0.25) is 14.4 Å². The molecule has 3 aromatic rings. The van der Waals surface area contributed by atoms with Crippen LogP contribution in [0.2, 0.25) is 0 Å². The first kappa shape index (κ1) is 21.5. The molecule has 1 aromatic carbocycles. The fourth-order valence-corrected chi connectivity index (χ4v) is 3.87. The average Bonchev–Trinajstić information content (AvgIpc) is 3.56. The Bertz CT molecular complexity index is 1100. The lowest BCUT2D eigenvalue weighted by Gasteiger charge is -2.14. The number of nitrogens with zero attached hydrogens (tertiary/aromatic N) is 1. The summed E-state index contributed by atoms with van der Waals surface area (Å²) in [5, 5.41) is 1.78. The summed E-state index contributed by atoms with van der Waals surface area (Å²) in [5.41, 5.74) is 0.315. The lowest BCUT2D eigenvalue weighted by atomic mass is 10.1. The minimum absolute atomic E-state index is 0.0397. The van der Waals surface area contributed by atoms with Crippen molar-refractivity contribution in [1.82, 2.24) is 4.90 Å². The van der Waals surface area contributed by atoms with Crippen LogP contribution in [0.5, 0.6) is 5.75 Å². The molecule has 164 valence electrons. The molecule has 3 heterocycles. The third-order valence-corrected chi connectivity index (χ3v) is 5.78. The van der Waals surface area contributed by atoms with Crippen molar-refractivity contribution in [3.63, 3.8) is 0 Å². The van der Waals surface area contributed by atoms with E-state index < -0.39 is 30.2 Å². The molecule has 4 rings (SSSR count). The summed E-state index contributed by atoms with van der Waals surface area (Å²) < 4.78 is 15.6. The van der Waals surface area contributed by atoms with Gasteiger partial charge in [0.05, 0.1) is 18.7 Å². The average molecular weight is 453 g/mol. The Balaban J connectivity index is 1.25. The van der Waals surface area contributed by atoms with Crippen LogP contribution in [-0.4, -0.2) is 41.7 Å². The Morgan fingerprint density at radius 2 is 1.91 bits per heavy atom. The summed E-state index contributed by atoms with van der Waals surface area (Å²) in [5.74, 6) is -1.31. The Morgan fingerprint density at radius 3 is 2.59 bits per heavy atom. The van der Waals surface area contributed by atoms with Gasteiger partial charge in [0.2, 0.25) is 5.91 Å². The molecule has 2 aromatic heterocycles. The highest BCUT2D eigenvalue weighted by Gasteiger charge is 2.35. The summed E-state index contributed by atoms with van der Waals surface area (Å²) in [6.45, 7) is 0.0743. The maximum atomic E-state index is 12.4. The first-order valence-corrected chi connectivity index (χ1v) is 10.7. The van der Waals surface area contributed by atoms with Gasteiger partial charge in [0.1, 0.15) is 16.4 Å². The van der Waals surface area contributed by atoms with Gasteiger partial charge in [-0.2, -0.15) is 0 Å². The van der Waals surface area contributed by atoms with E-state index in [4.69, 9.17) is 13.9 Å². The molecule has 32 heavy (non-hydrogen) atoms. The van der Waals surface area contributed by atoms with Crippen LogP contribution in [0, 0.1) is 5.92 Å². The number of furan rings is 1. The molecule has 1 saturated heterocycles. The van der Waals surface area contributed by atoms with E-state index in [2.05, 4.69) is 0 Å². The molecule has 0 bridgehead atoms. The lowest BCUT2D eigenvalue weighted by molar-refractivity contribution is -0.147. The topological polar surface area (TPSA) is 103 Å².